The van der Waals surface area contributed by atoms with Gasteiger partial charge in [0.25, 0.3) is 0 Å². The van der Waals surface area contributed by atoms with Crippen LogP contribution in [0.5, 0.6) is 0 Å². The zero-order valence-electron chi connectivity index (χ0n) is 10.5. The predicted molar refractivity (Wildman–Crippen MR) is 70.1 cm³/mol. The number of rotatable bonds is 5. The van der Waals surface area contributed by atoms with Gasteiger partial charge in [-0.25, -0.2) is 4.98 Å². The molecule has 1 aromatic rings. The Morgan fingerprint density at radius 1 is 1.67 bits per heavy atom. The van der Waals surface area contributed by atoms with Crippen LogP contribution in [0, 0.1) is 18.3 Å². The van der Waals surface area contributed by atoms with Crippen molar-refractivity contribution in [2.24, 2.45) is 0 Å². The average Bonchev–Trinajstić information content (AvgIpc) is 2.70. The third-order valence-electron chi connectivity index (χ3n) is 3.30. The van der Waals surface area contributed by atoms with Crippen molar-refractivity contribution in [3.05, 3.63) is 16.1 Å². The van der Waals surface area contributed by atoms with Gasteiger partial charge in [-0.1, -0.05) is 0 Å². The molecule has 0 aliphatic heterocycles. The summed E-state index contributed by atoms with van der Waals surface area (Å²) in [6.07, 6.45) is 4.71. The molecule has 1 aliphatic rings. The number of aryl methyl sites for hydroxylation is 2. The number of nitriles is 1. The number of nitrogens with zero attached hydrogens (tertiary/aromatic N) is 2. The molecule has 18 heavy (non-hydrogen) atoms. The third-order valence-corrected chi connectivity index (χ3v) is 4.13. The normalized spacial score (nSPS) is 16.7. The fourth-order valence-corrected chi connectivity index (χ4v) is 2.72. The number of hydrogen-bond acceptors (Lipinski definition) is 4. The molecule has 1 aromatic heterocycles. The first-order valence-corrected chi connectivity index (χ1v) is 7.15. The van der Waals surface area contributed by atoms with Crippen LogP contribution in [-0.4, -0.2) is 16.4 Å². The fourth-order valence-electron chi connectivity index (χ4n) is 2.08. The highest BCUT2D eigenvalue weighted by Gasteiger charge is 2.38. The van der Waals surface area contributed by atoms with Gasteiger partial charge in [-0.15, -0.1) is 11.3 Å². The van der Waals surface area contributed by atoms with Crippen LogP contribution >= 0.6 is 11.3 Å². The van der Waals surface area contributed by atoms with Crippen molar-refractivity contribution < 1.29 is 4.79 Å². The van der Waals surface area contributed by atoms with Gasteiger partial charge in [0.2, 0.25) is 5.91 Å². The smallest absolute Gasteiger partial charge is 0.221 e. The molecular weight excluding hydrogens is 246 g/mol. The second-order valence-electron chi connectivity index (χ2n) is 4.81. The van der Waals surface area contributed by atoms with Crippen LogP contribution in [-0.2, 0) is 11.2 Å². The van der Waals surface area contributed by atoms with Crippen molar-refractivity contribution >= 4 is 17.2 Å². The van der Waals surface area contributed by atoms with E-state index in [1.54, 1.807) is 11.3 Å². The topological polar surface area (TPSA) is 65.8 Å². The quantitative estimate of drug-likeness (QED) is 0.886. The second-order valence-corrected chi connectivity index (χ2v) is 5.87. The van der Waals surface area contributed by atoms with Gasteiger partial charge in [0.05, 0.1) is 16.8 Å². The van der Waals surface area contributed by atoms with E-state index >= 15 is 0 Å². The first-order chi connectivity index (χ1) is 8.63. The minimum absolute atomic E-state index is 0.0109. The summed E-state index contributed by atoms with van der Waals surface area (Å²) in [4.78, 5) is 16.1. The number of aromatic nitrogens is 1. The molecule has 0 saturated heterocycles. The number of thiazole rings is 1. The maximum Gasteiger partial charge on any atom is 0.221 e. The zero-order chi connectivity index (χ0) is 13.0. The highest BCUT2D eigenvalue weighted by molar-refractivity contribution is 7.09. The molecule has 0 aromatic carbocycles. The molecule has 0 radical (unpaired) electrons. The Hall–Kier alpha value is -1.41. The Morgan fingerprint density at radius 2 is 2.44 bits per heavy atom. The Balaban J connectivity index is 1.71. The van der Waals surface area contributed by atoms with Crippen molar-refractivity contribution in [1.82, 2.24) is 10.3 Å². The molecule has 0 spiro atoms. The molecule has 1 N–H and O–H groups in total. The Kier molecular flexibility index (Phi) is 3.97. The summed E-state index contributed by atoms with van der Waals surface area (Å²) in [5, 5.41) is 15.0. The van der Waals surface area contributed by atoms with Crippen molar-refractivity contribution in [1.29, 1.82) is 5.26 Å². The van der Waals surface area contributed by atoms with Crippen molar-refractivity contribution in [2.75, 3.05) is 0 Å². The Morgan fingerprint density at radius 3 is 2.94 bits per heavy atom. The lowest BCUT2D eigenvalue weighted by Gasteiger charge is -2.35. The molecule has 1 aliphatic carbocycles. The summed E-state index contributed by atoms with van der Waals surface area (Å²) < 4.78 is 0. The van der Waals surface area contributed by atoms with Crippen LogP contribution < -0.4 is 5.32 Å². The average molecular weight is 263 g/mol. The van der Waals surface area contributed by atoms with Crippen LogP contribution in [0.2, 0.25) is 0 Å². The SMILES string of the molecule is Cc1nc(CCCC(=O)NC2(C#N)CCC2)cs1. The lowest BCUT2D eigenvalue weighted by Crippen LogP contribution is -2.52. The monoisotopic (exact) mass is 263 g/mol. The maximum absolute atomic E-state index is 11.7. The minimum Gasteiger partial charge on any atom is -0.338 e. The van der Waals surface area contributed by atoms with Gasteiger partial charge in [-0.05, 0) is 39.0 Å². The third kappa shape index (κ3) is 3.08. The summed E-state index contributed by atoms with van der Waals surface area (Å²) in [5.41, 5.74) is 0.498. The number of hydrogen-bond donors (Lipinski definition) is 1. The molecular formula is C13H17N3OS. The van der Waals surface area contributed by atoms with E-state index in [0.29, 0.717) is 6.42 Å². The molecule has 0 bridgehead atoms. The first-order valence-electron chi connectivity index (χ1n) is 6.27. The van der Waals surface area contributed by atoms with E-state index in [-0.39, 0.29) is 5.91 Å². The van der Waals surface area contributed by atoms with E-state index in [9.17, 15) is 4.79 Å². The predicted octanol–water partition coefficient (Wildman–Crippen LogP) is 2.34. The lowest BCUT2D eigenvalue weighted by atomic mass is 9.78. The summed E-state index contributed by atoms with van der Waals surface area (Å²) in [5.74, 6) is -0.0109. The van der Waals surface area contributed by atoms with Crippen LogP contribution in [0.1, 0.15) is 42.8 Å². The van der Waals surface area contributed by atoms with E-state index in [4.69, 9.17) is 5.26 Å². The molecule has 1 amide bonds. The van der Waals surface area contributed by atoms with Crippen LogP contribution in [0.4, 0.5) is 0 Å². The van der Waals surface area contributed by atoms with E-state index < -0.39 is 5.54 Å². The van der Waals surface area contributed by atoms with E-state index in [1.807, 2.05) is 12.3 Å². The summed E-state index contributed by atoms with van der Waals surface area (Å²) in [6.45, 7) is 1.98. The van der Waals surface area contributed by atoms with Gasteiger partial charge in [0.15, 0.2) is 0 Å². The van der Waals surface area contributed by atoms with Crippen LogP contribution in [0.3, 0.4) is 0 Å². The number of amides is 1. The summed E-state index contributed by atoms with van der Waals surface area (Å²) >= 11 is 1.63. The molecule has 2 rings (SSSR count). The summed E-state index contributed by atoms with van der Waals surface area (Å²) in [6, 6.07) is 2.21. The Labute approximate surface area is 111 Å². The highest BCUT2D eigenvalue weighted by Crippen LogP contribution is 2.30. The van der Waals surface area contributed by atoms with Crippen LogP contribution in [0.15, 0.2) is 5.38 Å². The van der Waals surface area contributed by atoms with Gasteiger partial charge in [0, 0.05) is 11.8 Å². The van der Waals surface area contributed by atoms with Crippen molar-refractivity contribution in [3.63, 3.8) is 0 Å². The van der Waals surface area contributed by atoms with Gasteiger partial charge in [-0.2, -0.15) is 5.26 Å². The molecule has 5 heteroatoms. The molecule has 0 unspecified atom stereocenters. The second kappa shape index (κ2) is 5.49. The van der Waals surface area contributed by atoms with Crippen molar-refractivity contribution in [2.45, 2.75) is 51.0 Å². The Bertz CT molecular complexity index is 471. The molecule has 1 fully saturated rings. The molecule has 4 nitrogen and oxygen atoms in total. The standard InChI is InChI=1S/C13H17N3OS/c1-10-15-11(8-18-10)4-2-5-12(17)16-13(9-14)6-3-7-13/h8H,2-7H2,1H3,(H,16,17). The van der Waals surface area contributed by atoms with Crippen molar-refractivity contribution in [3.8, 4) is 6.07 Å². The largest absolute Gasteiger partial charge is 0.338 e. The van der Waals surface area contributed by atoms with E-state index in [1.165, 1.54) is 0 Å². The maximum atomic E-state index is 11.7. The first kappa shape index (κ1) is 13.0. The molecule has 1 heterocycles. The highest BCUT2D eigenvalue weighted by atomic mass is 32.1. The van der Waals surface area contributed by atoms with Gasteiger partial charge in [-0.3, -0.25) is 4.79 Å². The van der Waals surface area contributed by atoms with Gasteiger partial charge >= 0.3 is 0 Å². The number of carbonyl (C=O) groups is 1. The summed E-state index contributed by atoms with van der Waals surface area (Å²) in [7, 11) is 0. The molecule has 1 saturated carbocycles. The number of carbonyl (C=O) groups excluding carboxylic acids is 1. The minimum atomic E-state index is -0.561. The number of nitrogens with one attached hydrogen (secondary N) is 1. The van der Waals surface area contributed by atoms with Gasteiger partial charge in [0.1, 0.15) is 5.54 Å². The molecule has 96 valence electrons. The lowest BCUT2D eigenvalue weighted by molar-refractivity contribution is -0.123. The molecule has 0 atom stereocenters. The van der Waals surface area contributed by atoms with E-state index in [0.717, 1.165) is 42.8 Å². The van der Waals surface area contributed by atoms with Crippen LogP contribution in [0.25, 0.3) is 0 Å². The van der Waals surface area contributed by atoms with Gasteiger partial charge < -0.3 is 5.32 Å². The zero-order valence-corrected chi connectivity index (χ0v) is 11.3. The van der Waals surface area contributed by atoms with E-state index in [2.05, 4.69) is 16.4 Å². The fraction of sp³-hybridized carbons (Fsp3) is 0.615.